The molecule has 6 nitrogen and oxygen atoms in total. The second kappa shape index (κ2) is 6.15. The van der Waals surface area contributed by atoms with Gasteiger partial charge in [0.15, 0.2) is 0 Å². The van der Waals surface area contributed by atoms with Crippen molar-refractivity contribution in [3.8, 4) is 0 Å². The lowest BCUT2D eigenvalue weighted by Gasteiger charge is -2.02. The molecule has 0 fully saturated rings. The molecule has 1 aromatic rings. The van der Waals surface area contributed by atoms with Crippen LogP contribution in [0.3, 0.4) is 0 Å². The molecule has 5 N–H and O–H groups in total. The Morgan fingerprint density at radius 2 is 2.13 bits per heavy atom. The van der Waals surface area contributed by atoms with Crippen molar-refractivity contribution in [2.75, 3.05) is 13.1 Å². The van der Waals surface area contributed by atoms with Crippen LogP contribution in [0.25, 0.3) is 0 Å². The number of aromatic nitrogens is 2. The van der Waals surface area contributed by atoms with Crippen LogP contribution in [0.2, 0.25) is 0 Å². The zero-order chi connectivity index (χ0) is 11.1. The monoisotopic (exact) mass is 212 g/mol. The molecular formula is C9H16N4O2. The molecule has 0 atom stereocenters. The van der Waals surface area contributed by atoms with Gasteiger partial charge in [0.1, 0.15) is 0 Å². The molecule has 6 heteroatoms. The molecule has 0 aliphatic carbocycles. The lowest BCUT2D eigenvalue weighted by atomic mass is 10.3. The fourth-order valence-electron chi connectivity index (χ4n) is 1.19. The second-order valence-electron chi connectivity index (χ2n) is 3.27. The first-order chi connectivity index (χ1) is 7.24. The first-order valence-electron chi connectivity index (χ1n) is 4.95. The van der Waals surface area contributed by atoms with Crippen LogP contribution in [-0.4, -0.2) is 23.1 Å². The van der Waals surface area contributed by atoms with Crippen molar-refractivity contribution in [1.29, 1.82) is 0 Å². The summed E-state index contributed by atoms with van der Waals surface area (Å²) in [6.45, 7) is 1.95. The van der Waals surface area contributed by atoms with Crippen LogP contribution < -0.4 is 22.3 Å². The van der Waals surface area contributed by atoms with Crippen molar-refractivity contribution in [1.82, 2.24) is 15.3 Å². The molecule has 1 rings (SSSR count). The number of hydrogen-bond donors (Lipinski definition) is 4. The van der Waals surface area contributed by atoms with Crippen LogP contribution in [0.1, 0.15) is 18.4 Å². The Balaban J connectivity index is 2.38. The third-order valence-electron chi connectivity index (χ3n) is 2.02. The molecule has 0 unspecified atom stereocenters. The van der Waals surface area contributed by atoms with Crippen molar-refractivity contribution in [3.63, 3.8) is 0 Å². The van der Waals surface area contributed by atoms with E-state index < -0.39 is 5.69 Å². The second-order valence-corrected chi connectivity index (χ2v) is 3.27. The molecule has 0 aromatic carbocycles. The topological polar surface area (TPSA) is 104 Å². The van der Waals surface area contributed by atoms with Gasteiger partial charge in [-0.3, -0.25) is 9.78 Å². The summed E-state index contributed by atoms with van der Waals surface area (Å²) in [6.07, 6.45) is 3.38. The van der Waals surface area contributed by atoms with Crippen LogP contribution in [-0.2, 0) is 6.54 Å². The van der Waals surface area contributed by atoms with Gasteiger partial charge >= 0.3 is 5.69 Å². The Bertz CT molecular complexity index is 396. The summed E-state index contributed by atoms with van der Waals surface area (Å²) < 4.78 is 0. The SMILES string of the molecule is NCCCCNCc1c[nH]c(=O)[nH]c1=O. The number of aromatic amines is 2. The number of hydrogen-bond acceptors (Lipinski definition) is 4. The number of rotatable bonds is 6. The molecule has 0 spiro atoms. The zero-order valence-electron chi connectivity index (χ0n) is 8.51. The van der Waals surface area contributed by atoms with Gasteiger partial charge in [-0.05, 0) is 25.9 Å². The zero-order valence-corrected chi connectivity index (χ0v) is 8.51. The first-order valence-corrected chi connectivity index (χ1v) is 4.95. The highest BCUT2D eigenvalue weighted by Gasteiger charge is 1.98. The molecule has 84 valence electrons. The van der Waals surface area contributed by atoms with E-state index in [4.69, 9.17) is 5.73 Å². The average molecular weight is 212 g/mol. The fraction of sp³-hybridized carbons (Fsp3) is 0.556. The van der Waals surface area contributed by atoms with Gasteiger partial charge < -0.3 is 16.0 Å². The largest absolute Gasteiger partial charge is 0.330 e. The fourth-order valence-corrected chi connectivity index (χ4v) is 1.19. The minimum Gasteiger partial charge on any atom is -0.330 e. The van der Waals surface area contributed by atoms with Gasteiger partial charge in [-0.1, -0.05) is 0 Å². The number of nitrogens with two attached hydrogens (primary N) is 1. The van der Waals surface area contributed by atoms with Gasteiger partial charge in [-0.2, -0.15) is 0 Å². The van der Waals surface area contributed by atoms with Crippen LogP contribution in [0.5, 0.6) is 0 Å². The molecule has 0 aliphatic heterocycles. The van der Waals surface area contributed by atoms with E-state index in [1.807, 2.05) is 0 Å². The van der Waals surface area contributed by atoms with Gasteiger partial charge in [0, 0.05) is 18.3 Å². The van der Waals surface area contributed by atoms with Crippen LogP contribution in [0.15, 0.2) is 15.8 Å². The Morgan fingerprint density at radius 3 is 2.80 bits per heavy atom. The summed E-state index contributed by atoms with van der Waals surface area (Å²) in [7, 11) is 0. The van der Waals surface area contributed by atoms with Crippen LogP contribution in [0, 0.1) is 0 Å². The van der Waals surface area contributed by atoms with Crippen molar-refractivity contribution in [3.05, 3.63) is 32.6 Å². The number of H-pyrrole nitrogens is 2. The Morgan fingerprint density at radius 1 is 1.33 bits per heavy atom. The van der Waals surface area contributed by atoms with Crippen molar-refractivity contribution < 1.29 is 0 Å². The van der Waals surface area contributed by atoms with E-state index in [-0.39, 0.29) is 5.56 Å². The lowest BCUT2D eigenvalue weighted by Crippen LogP contribution is -2.28. The first kappa shape index (κ1) is 11.7. The summed E-state index contributed by atoms with van der Waals surface area (Å²) in [5, 5.41) is 3.10. The van der Waals surface area contributed by atoms with Crippen LogP contribution in [0.4, 0.5) is 0 Å². The predicted molar refractivity (Wildman–Crippen MR) is 57.7 cm³/mol. The van der Waals surface area contributed by atoms with Gasteiger partial charge in [0.25, 0.3) is 5.56 Å². The van der Waals surface area contributed by atoms with Crippen molar-refractivity contribution in [2.45, 2.75) is 19.4 Å². The van der Waals surface area contributed by atoms with E-state index in [0.717, 1.165) is 19.4 Å². The number of nitrogens with one attached hydrogen (secondary N) is 3. The molecular weight excluding hydrogens is 196 g/mol. The van der Waals surface area contributed by atoms with Gasteiger partial charge in [0.2, 0.25) is 0 Å². The molecule has 0 aliphatic rings. The van der Waals surface area contributed by atoms with Gasteiger partial charge in [-0.25, -0.2) is 4.79 Å². The van der Waals surface area contributed by atoms with E-state index in [2.05, 4.69) is 15.3 Å². The van der Waals surface area contributed by atoms with E-state index in [0.29, 0.717) is 18.7 Å². The summed E-state index contributed by atoms with van der Waals surface area (Å²) in [5.74, 6) is 0. The van der Waals surface area contributed by atoms with E-state index in [9.17, 15) is 9.59 Å². The maximum absolute atomic E-state index is 11.2. The quantitative estimate of drug-likeness (QED) is 0.449. The Kier molecular flexibility index (Phi) is 4.79. The summed E-state index contributed by atoms with van der Waals surface area (Å²) in [5.41, 5.74) is 5.05. The molecule has 15 heavy (non-hydrogen) atoms. The third-order valence-corrected chi connectivity index (χ3v) is 2.02. The average Bonchev–Trinajstić information content (AvgIpc) is 2.20. The lowest BCUT2D eigenvalue weighted by molar-refractivity contribution is 0.623. The normalized spacial score (nSPS) is 10.5. The van der Waals surface area contributed by atoms with E-state index in [1.54, 1.807) is 0 Å². The smallest absolute Gasteiger partial charge is 0.325 e. The summed E-state index contributed by atoms with van der Waals surface area (Å²) in [4.78, 5) is 26.5. The molecule has 0 saturated heterocycles. The minimum absolute atomic E-state index is 0.343. The summed E-state index contributed by atoms with van der Waals surface area (Å²) >= 11 is 0. The molecule has 1 heterocycles. The highest BCUT2D eigenvalue weighted by atomic mass is 16.2. The van der Waals surface area contributed by atoms with Crippen molar-refractivity contribution >= 4 is 0 Å². The predicted octanol–water partition coefficient (Wildman–Crippen LogP) is -1.11. The minimum atomic E-state index is -0.480. The van der Waals surface area contributed by atoms with Crippen LogP contribution >= 0.6 is 0 Å². The summed E-state index contributed by atoms with van der Waals surface area (Å²) in [6, 6.07) is 0. The van der Waals surface area contributed by atoms with E-state index >= 15 is 0 Å². The maximum atomic E-state index is 11.2. The molecule has 0 bridgehead atoms. The maximum Gasteiger partial charge on any atom is 0.325 e. The van der Waals surface area contributed by atoms with Gasteiger partial charge in [0.05, 0.1) is 0 Å². The Hall–Kier alpha value is -1.40. The highest BCUT2D eigenvalue weighted by molar-refractivity contribution is 5.02. The highest BCUT2D eigenvalue weighted by Crippen LogP contribution is 1.86. The standard InChI is InChI=1S/C9H16N4O2/c10-3-1-2-4-11-5-7-6-12-9(15)13-8(7)14/h6,11H,1-5,10H2,(H2,12,13,14,15). The van der Waals surface area contributed by atoms with E-state index in [1.165, 1.54) is 6.20 Å². The molecule has 0 radical (unpaired) electrons. The number of unbranched alkanes of at least 4 members (excludes halogenated alkanes) is 1. The van der Waals surface area contributed by atoms with Gasteiger partial charge in [-0.15, -0.1) is 0 Å². The van der Waals surface area contributed by atoms with Crippen molar-refractivity contribution in [2.24, 2.45) is 5.73 Å². The molecule has 0 amide bonds. The molecule has 1 aromatic heterocycles. The Labute approximate surface area is 86.9 Å². The molecule has 0 saturated carbocycles. The third kappa shape index (κ3) is 4.09.